The van der Waals surface area contributed by atoms with Crippen molar-refractivity contribution >= 4 is 17.6 Å². The number of ketones is 1. The van der Waals surface area contributed by atoms with E-state index in [9.17, 15) is 4.79 Å². The van der Waals surface area contributed by atoms with Gasteiger partial charge in [0.15, 0.2) is 5.78 Å². The van der Waals surface area contributed by atoms with Crippen LogP contribution in [0.25, 0.3) is 5.57 Å². The molecule has 0 spiro atoms. The van der Waals surface area contributed by atoms with Gasteiger partial charge >= 0.3 is 0 Å². The average Bonchev–Trinajstić information content (AvgIpc) is 2.88. The Morgan fingerprint density at radius 2 is 1.88 bits per heavy atom. The summed E-state index contributed by atoms with van der Waals surface area (Å²) in [5.41, 5.74) is 1.99. The predicted octanol–water partition coefficient (Wildman–Crippen LogP) is 6.61. The molecule has 1 aromatic carbocycles. The molecule has 0 saturated carbocycles. The molecule has 7 heteroatoms. The molecule has 0 aromatic heterocycles. The van der Waals surface area contributed by atoms with Crippen molar-refractivity contribution in [2.75, 3.05) is 26.7 Å². The van der Waals surface area contributed by atoms with E-state index in [-0.39, 0.29) is 17.5 Å². The van der Waals surface area contributed by atoms with Crippen LogP contribution in [0.15, 0.2) is 59.5 Å². The number of benzene rings is 1. The maximum absolute atomic E-state index is 12.8. The summed E-state index contributed by atoms with van der Waals surface area (Å²) < 4.78 is 19.0. The maximum atomic E-state index is 12.8. The molecule has 3 aliphatic rings. The third-order valence-corrected chi connectivity index (χ3v) is 7.40. The van der Waals surface area contributed by atoms with E-state index in [1.807, 2.05) is 76.2 Å². The summed E-state index contributed by atoms with van der Waals surface area (Å²) >= 11 is 0. The minimum atomic E-state index is -0.660. The molecule has 0 N–H and O–H groups in total. The van der Waals surface area contributed by atoms with Crippen molar-refractivity contribution in [3.63, 3.8) is 0 Å². The Labute approximate surface area is 241 Å². The highest BCUT2D eigenvalue weighted by molar-refractivity contribution is 5.84. The van der Waals surface area contributed by atoms with E-state index in [4.69, 9.17) is 19.3 Å². The second-order valence-electron chi connectivity index (χ2n) is 12.3. The van der Waals surface area contributed by atoms with Crippen molar-refractivity contribution in [2.24, 2.45) is 5.10 Å². The number of hydrogen-bond acceptors (Lipinski definition) is 7. The highest BCUT2D eigenvalue weighted by Gasteiger charge is 2.35. The van der Waals surface area contributed by atoms with Crippen molar-refractivity contribution in [3.05, 3.63) is 60.0 Å². The molecular formula is C33H49N3O4. The molecule has 3 aliphatic heterocycles. The van der Waals surface area contributed by atoms with E-state index in [1.54, 1.807) is 13.1 Å². The maximum Gasteiger partial charge on any atom is 0.162 e. The van der Waals surface area contributed by atoms with Crippen LogP contribution in [0.4, 0.5) is 0 Å². The van der Waals surface area contributed by atoms with Crippen molar-refractivity contribution in [1.82, 2.24) is 9.91 Å². The number of nitrogens with zero attached hydrogens (tertiary/aromatic N) is 3. The van der Waals surface area contributed by atoms with Crippen LogP contribution < -0.4 is 4.74 Å². The zero-order chi connectivity index (χ0) is 29.5. The minimum absolute atomic E-state index is 0.0238. The van der Waals surface area contributed by atoms with Gasteiger partial charge in [-0.25, -0.2) is 0 Å². The quantitative estimate of drug-likeness (QED) is 0.421. The van der Waals surface area contributed by atoms with Crippen LogP contribution >= 0.6 is 0 Å². The molecule has 2 atom stereocenters. The predicted molar refractivity (Wildman–Crippen MR) is 163 cm³/mol. The molecule has 4 rings (SSSR count). The molecule has 2 unspecified atom stereocenters. The zero-order valence-corrected chi connectivity index (χ0v) is 25.8. The first-order valence-corrected chi connectivity index (χ1v) is 14.5. The van der Waals surface area contributed by atoms with Gasteiger partial charge in [0.2, 0.25) is 0 Å². The monoisotopic (exact) mass is 551 g/mol. The summed E-state index contributed by atoms with van der Waals surface area (Å²) in [6.07, 6.45) is 8.57. The fourth-order valence-electron chi connectivity index (χ4n) is 5.23. The van der Waals surface area contributed by atoms with Crippen LogP contribution in [0.3, 0.4) is 0 Å². The number of piperidine rings is 1. The normalized spacial score (nSPS) is 25.4. The van der Waals surface area contributed by atoms with Crippen molar-refractivity contribution in [1.29, 1.82) is 0 Å². The summed E-state index contributed by atoms with van der Waals surface area (Å²) in [6, 6.07) is 7.99. The van der Waals surface area contributed by atoms with Gasteiger partial charge < -0.3 is 19.1 Å². The number of rotatable bonds is 3. The summed E-state index contributed by atoms with van der Waals surface area (Å²) in [5, 5.41) is 6.58. The van der Waals surface area contributed by atoms with Gasteiger partial charge in [0, 0.05) is 44.1 Å². The molecule has 0 aliphatic carbocycles. The highest BCUT2D eigenvalue weighted by Crippen LogP contribution is 2.32. The lowest BCUT2D eigenvalue weighted by atomic mass is 9.92. The van der Waals surface area contributed by atoms with E-state index in [2.05, 4.69) is 25.3 Å². The first-order chi connectivity index (χ1) is 18.8. The number of para-hydroxylation sites is 1. The Bertz CT molecular complexity index is 1120. The van der Waals surface area contributed by atoms with Crippen LogP contribution in [0.5, 0.6) is 5.75 Å². The number of fused-ring (bicyclic) bond motifs is 11. The molecule has 40 heavy (non-hydrogen) atoms. The zero-order valence-electron chi connectivity index (χ0n) is 25.8. The number of allylic oxidation sites excluding steroid dienone is 3. The van der Waals surface area contributed by atoms with Gasteiger partial charge in [0.25, 0.3) is 0 Å². The molecule has 1 fully saturated rings. The number of ether oxygens (including phenoxy) is 3. The van der Waals surface area contributed by atoms with Gasteiger partial charge in [-0.1, -0.05) is 30.9 Å². The van der Waals surface area contributed by atoms with Gasteiger partial charge in [0.05, 0.1) is 17.3 Å². The van der Waals surface area contributed by atoms with E-state index < -0.39 is 11.7 Å². The number of hydrogen-bond donors (Lipinski definition) is 0. The van der Waals surface area contributed by atoms with Crippen molar-refractivity contribution < 1.29 is 19.0 Å². The van der Waals surface area contributed by atoms with E-state index >= 15 is 0 Å². The summed E-state index contributed by atoms with van der Waals surface area (Å²) in [7, 11) is 1.92. The Kier molecular flexibility index (Phi) is 10.8. The highest BCUT2D eigenvalue weighted by atomic mass is 16.5. The summed E-state index contributed by atoms with van der Waals surface area (Å²) in [5.74, 6) is 1.69. The van der Waals surface area contributed by atoms with Crippen LogP contribution in [0, 0.1) is 0 Å². The molecule has 1 saturated heterocycles. The van der Waals surface area contributed by atoms with Gasteiger partial charge in [-0.3, -0.25) is 9.80 Å². The standard InChI is InChI=1S/C33H49N3O4/c1-24-14-12-20-34-35(9)31(26(3)30(27(4)37)40-32(5,6)7)36-21-18-33(8,19-22-36)38-23-13-15-25(2)39-29-17-11-10-16-28(24)29/h10-12,14,16-17,20,25,30H,1,13,15,18-19,21-23H2,2-9H3/b14-12?,31-26-,34-20?. The second kappa shape index (κ2) is 13.6. The van der Waals surface area contributed by atoms with Crippen molar-refractivity contribution in [3.8, 4) is 5.75 Å². The van der Waals surface area contributed by atoms with Gasteiger partial charge in [0.1, 0.15) is 17.7 Å². The lowest BCUT2D eigenvalue weighted by Gasteiger charge is -2.43. The molecule has 1 aromatic rings. The van der Waals surface area contributed by atoms with E-state index in [1.165, 1.54) is 0 Å². The van der Waals surface area contributed by atoms with E-state index in [0.29, 0.717) is 6.61 Å². The Morgan fingerprint density at radius 1 is 1.20 bits per heavy atom. The SMILES string of the molecule is C=C1C=CC=NN(C)/C(=C(\C)C(OC(C)(C)C)C(C)=O)N2CCC(C)(CC2)OCCCC(C)Oc2ccccc21. The van der Waals surface area contributed by atoms with Gasteiger partial charge in [-0.15, -0.1) is 0 Å². The van der Waals surface area contributed by atoms with Crippen LogP contribution in [-0.4, -0.2) is 72.1 Å². The first kappa shape index (κ1) is 31.6. The number of hydrazone groups is 1. The molecule has 220 valence electrons. The molecule has 0 radical (unpaired) electrons. The molecule has 3 heterocycles. The van der Waals surface area contributed by atoms with E-state index in [0.717, 1.165) is 67.1 Å². The third-order valence-electron chi connectivity index (χ3n) is 7.40. The molecule has 7 nitrogen and oxygen atoms in total. The Hall–Kier alpha value is -2.90. The largest absolute Gasteiger partial charge is 0.490 e. The molecule has 2 bridgehead atoms. The third kappa shape index (κ3) is 8.80. The smallest absolute Gasteiger partial charge is 0.162 e. The van der Waals surface area contributed by atoms with Gasteiger partial charge in [-0.2, -0.15) is 5.10 Å². The van der Waals surface area contributed by atoms with Crippen LogP contribution in [0.1, 0.15) is 79.7 Å². The van der Waals surface area contributed by atoms with Crippen LogP contribution in [-0.2, 0) is 14.3 Å². The van der Waals surface area contributed by atoms with Crippen LogP contribution in [0.2, 0.25) is 0 Å². The number of carbonyl (C=O) groups excluding carboxylic acids is 1. The van der Waals surface area contributed by atoms with Gasteiger partial charge in [-0.05, 0) is 91.9 Å². The Balaban J connectivity index is 1.99. The first-order valence-electron chi connectivity index (χ1n) is 14.5. The second-order valence-corrected chi connectivity index (χ2v) is 12.3. The lowest BCUT2D eigenvalue weighted by molar-refractivity contribution is -0.134. The topological polar surface area (TPSA) is 63.6 Å². The lowest BCUT2D eigenvalue weighted by Crippen LogP contribution is -2.47. The minimum Gasteiger partial charge on any atom is -0.490 e. The fraction of sp³-hybridized carbons (Fsp3) is 0.576. The summed E-state index contributed by atoms with van der Waals surface area (Å²) in [4.78, 5) is 15.1. The van der Waals surface area contributed by atoms with Crippen molar-refractivity contribution in [2.45, 2.75) is 97.6 Å². The average molecular weight is 552 g/mol. The Morgan fingerprint density at radius 3 is 2.52 bits per heavy atom. The molecule has 0 amide bonds. The number of carbonyl (C=O) groups is 1. The fourth-order valence-corrected chi connectivity index (χ4v) is 5.23. The molecular weight excluding hydrogens is 502 g/mol. The number of Topliss-reactive ketones (excluding diaryl/α,β-unsaturated/α-hetero) is 1. The summed E-state index contributed by atoms with van der Waals surface area (Å²) in [6.45, 7) is 20.4.